The van der Waals surface area contributed by atoms with Gasteiger partial charge in [0.15, 0.2) is 5.96 Å². The van der Waals surface area contributed by atoms with E-state index in [1.54, 1.807) is 36.5 Å². The number of amides is 11. The number of hydrogen-bond donors (Lipinski definition) is 18. The summed E-state index contributed by atoms with van der Waals surface area (Å²) < 4.78 is 0. The minimum Gasteiger partial charge on any atom is -0.481 e. The summed E-state index contributed by atoms with van der Waals surface area (Å²) in [4.78, 5) is 201. The second-order valence-electron chi connectivity index (χ2n) is 26.1. The number of aliphatic carboxylic acids is 2. The third kappa shape index (κ3) is 24.1. The zero-order chi connectivity index (χ0) is 76.4. The monoisotopic (exact) mass is 1510 g/mol. The number of hydrogen-bond acceptors (Lipinski definition) is 20. The molecule has 8 rings (SSSR count). The number of para-hydroxylation sites is 1. The molecule has 0 saturated carbocycles. The molecule has 3 aliphatic rings. The number of aliphatic hydroxyl groups excluding tert-OH is 1. The van der Waals surface area contributed by atoms with Gasteiger partial charge in [0, 0.05) is 92.2 Å². The Labute approximate surface area is 617 Å². The smallest absolute Gasteiger partial charge is 0.305 e. The topological polar surface area (TPSA) is 558 Å². The van der Waals surface area contributed by atoms with E-state index in [1.807, 2.05) is 36.4 Å². The van der Waals surface area contributed by atoms with Crippen LogP contribution in [-0.2, 0) is 81.6 Å². The molecule has 2 aromatic heterocycles. The minimum atomic E-state index is -1.76. The van der Waals surface area contributed by atoms with Gasteiger partial charge in [-0.05, 0) is 98.7 Å². The molecule has 0 radical (unpaired) electrons. The Hall–Kier alpha value is -10.4. The normalized spacial score (nSPS) is 22.3. The van der Waals surface area contributed by atoms with E-state index in [2.05, 4.69) is 67.8 Å². The van der Waals surface area contributed by atoms with Crippen molar-refractivity contribution in [3.63, 3.8) is 0 Å². The van der Waals surface area contributed by atoms with Crippen molar-refractivity contribution in [3.8, 4) is 0 Å². The number of carboxylic acids is 2. The van der Waals surface area contributed by atoms with E-state index in [9.17, 15) is 63.3 Å². The summed E-state index contributed by atoms with van der Waals surface area (Å²) in [6.07, 6.45) is 1.70. The Kier molecular flexibility index (Phi) is 30.8. The number of nitrogens with one attached hydrogen (secondary N) is 11. The fourth-order valence-corrected chi connectivity index (χ4v) is 14.9. The van der Waals surface area contributed by atoms with Crippen molar-refractivity contribution in [2.75, 3.05) is 44.2 Å². The lowest BCUT2D eigenvalue weighted by atomic mass is 9.99. The van der Waals surface area contributed by atoms with Crippen molar-refractivity contribution in [3.05, 3.63) is 102 Å². The summed E-state index contributed by atoms with van der Waals surface area (Å²) in [5.41, 5.74) is 24.8. The second kappa shape index (κ2) is 40.2. The molecule has 35 nitrogen and oxygen atoms in total. The van der Waals surface area contributed by atoms with Crippen LogP contribution in [0.15, 0.2) is 90.4 Å². The molecule has 0 bridgehead atoms. The van der Waals surface area contributed by atoms with Crippen LogP contribution in [0.1, 0.15) is 100 Å². The quantitative estimate of drug-likeness (QED) is 0.00905. The van der Waals surface area contributed by atoms with E-state index >= 15 is 14.4 Å². The summed E-state index contributed by atoms with van der Waals surface area (Å²) in [5, 5.41) is 55.6. The summed E-state index contributed by atoms with van der Waals surface area (Å²) in [7, 11) is 2.13. The molecule has 5 heterocycles. The molecule has 37 heteroatoms. The first kappa shape index (κ1) is 81.3. The van der Waals surface area contributed by atoms with E-state index in [1.165, 1.54) is 22.3 Å². The zero-order valence-electron chi connectivity index (χ0n) is 58.3. The number of aromatic nitrogens is 3. The predicted octanol–water partition coefficient (Wildman–Crippen LogP) is -2.37. The van der Waals surface area contributed by atoms with Crippen molar-refractivity contribution < 1.29 is 77.6 Å². The number of carbonyl (C=O) groups excluding carboxylic acids is 11. The highest BCUT2D eigenvalue weighted by Gasteiger charge is 2.45. The molecule has 11 amide bonds. The highest BCUT2D eigenvalue weighted by Crippen LogP contribution is 2.29. The first-order valence-electron chi connectivity index (χ1n) is 35.0. The number of unbranched alkanes of at least 4 members (excludes halogenated alkanes) is 1. The fraction of sp³-hybridized carbons (Fsp3) is 0.493. The van der Waals surface area contributed by atoms with Crippen molar-refractivity contribution >= 4 is 126 Å². The highest BCUT2D eigenvalue weighted by molar-refractivity contribution is 8.76. The predicted molar refractivity (Wildman–Crippen MR) is 392 cm³/mol. The fourth-order valence-electron chi connectivity index (χ4n) is 12.8. The first-order valence-corrected chi connectivity index (χ1v) is 37.5. The third-order valence-corrected chi connectivity index (χ3v) is 20.7. The lowest BCUT2D eigenvalue weighted by Crippen LogP contribution is -2.60. The molecule has 572 valence electrons. The van der Waals surface area contributed by atoms with Crippen molar-refractivity contribution in [2.45, 2.75) is 169 Å². The Morgan fingerprint density at radius 2 is 1.32 bits per heavy atom. The van der Waals surface area contributed by atoms with Gasteiger partial charge < -0.3 is 106 Å². The number of fused-ring (bicyclic) bond motifs is 2. The molecular weight excluding hydrogens is 1420 g/mol. The van der Waals surface area contributed by atoms with E-state index < -0.39 is 169 Å². The summed E-state index contributed by atoms with van der Waals surface area (Å²) in [6.45, 7) is -0.437. The molecular formula is C69H93N19O16S2. The third-order valence-electron chi connectivity index (χ3n) is 18.3. The van der Waals surface area contributed by atoms with Crippen molar-refractivity contribution in [2.24, 2.45) is 27.9 Å². The van der Waals surface area contributed by atoms with Gasteiger partial charge in [0.2, 0.25) is 65.0 Å². The number of carboxylic acid groups (broad SMARTS) is 2. The van der Waals surface area contributed by atoms with E-state index in [0.29, 0.717) is 53.4 Å². The van der Waals surface area contributed by atoms with E-state index in [4.69, 9.17) is 22.9 Å². The number of nitrogens with zero attached hydrogens (tertiary/aromatic N) is 4. The Bertz CT molecular complexity index is 3970. The largest absolute Gasteiger partial charge is 0.481 e. The number of carbonyl (C=O) groups is 13. The van der Waals surface area contributed by atoms with Crippen LogP contribution in [0, 0.1) is 0 Å². The SMILES string of the molecule is NCCCC[C@H](NC(=O)[C@@H]1CCCN1C(=O)[C@@H]1CCCN1C(=O)[C@@H]1CSSCCC(=O)N[C@@H](CCC(=O)O)C(=O)N[C@@H](Cc2cnc[nH]2)C(=O)N[C@H](Cc2ccc3ccccc3c2)C(=O)N[C@@H](CCCN=C(N)N)C(=O)N[C@@H](Cc2c[nH]c3ccccc23)C(=O)NCC(=O)N1)C(=O)N[C@@H](CC(=O)O)C(N)O. The lowest BCUT2D eigenvalue weighted by molar-refractivity contribution is -0.148. The Morgan fingerprint density at radius 1 is 0.670 bits per heavy atom. The number of H-pyrrole nitrogens is 2. The maximum Gasteiger partial charge on any atom is 0.305 e. The maximum absolute atomic E-state index is 15.1. The van der Waals surface area contributed by atoms with Crippen LogP contribution in [0.3, 0.4) is 0 Å². The minimum absolute atomic E-state index is 0.0114. The average molecular weight is 1510 g/mol. The van der Waals surface area contributed by atoms with Crippen LogP contribution in [0.5, 0.6) is 0 Å². The Morgan fingerprint density at radius 3 is 2.00 bits per heavy atom. The van der Waals surface area contributed by atoms with Gasteiger partial charge in [-0.1, -0.05) is 82.3 Å². The molecule has 11 atom stereocenters. The molecule has 106 heavy (non-hydrogen) atoms. The molecule has 0 spiro atoms. The zero-order valence-corrected chi connectivity index (χ0v) is 59.9. The molecule has 3 saturated heterocycles. The Balaban J connectivity index is 1.09. The first-order chi connectivity index (χ1) is 50.8. The number of aromatic amines is 2. The maximum atomic E-state index is 15.1. The van der Waals surface area contributed by atoms with Gasteiger partial charge in [-0.25, -0.2) is 4.98 Å². The van der Waals surface area contributed by atoms with Gasteiger partial charge in [-0.3, -0.25) is 67.3 Å². The van der Waals surface area contributed by atoms with E-state index in [-0.39, 0.29) is 101 Å². The number of likely N-dealkylation sites (tertiary alicyclic amines) is 2. The number of aliphatic imine (C=N–C) groups is 1. The van der Waals surface area contributed by atoms with Crippen LogP contribution in [-0.4, -0.2) is 234 Å². The molecule has 5 aromatic rings. The summed E-state index contributed by atoms with van der Waals surface area (Å²) >= 11 is 0. The van der Waals surface area contributed by atoms with Crippen LogP contribution < -0.4 is 70.8 Å². The van der Waals surface area contributed by atoms with Crippen LogP contribution in [0.25, 0.3) is 21.7 Å². The molecule has 22 N–H and O–H groups in total. The number of benzene rings is 3. The molecule has 3 aromatic carbocycles. The van der Waals surface area contributed by atoms with Crippen molar-refractivity contribution in [1.29, 1.82) is 0 Å². The summed E-state index contributed by atoms with van der Waals surface area (Å²) in [5.74, 6) is -12.1. The molecule has 3 fully saturated rings. The van der Waals surface area contributed by atoms with Gasteiger partial charge in [0.25, 0.3) is 0 Å². The van der Waals surface area contributed by atoms with Crippen LogP contribution >= 0.6 is 21.6 Å². The van der Waals surface area contributed by atoms with Gasteiger partial charge in [0.05, 0.1) is 25.3 Å². The van der Waals surface area contributed by atoms with Crippen LogP contribution in [0.2, 0.25) is 0 Å². The number of nitrogens with two attached hydrogens (primary N) is 4. The number of aliphatic hydroxyl groups is 1. The highest BCUT2D eigenvalue weighted by atomic mass is 33.1. The lowest BCUT2D eigenvalue weighted by Gasteiger charge is -2.33. The van der Waals surface area contributed by atoms with Gasteiger partial charge in [0.1, 0.15) is 60.6 Å². The van der Waals surface area contributed by atoms with E-state index in [0.717, 1.165) is 32.4 Å². The van der Waals surface area contributed by atoms with Gasteiger partial charge in [-0.2, -0.15) is 0 Å². The molecule has 1 unspecified atom stereocenters. The average Bonchev–Trinajstić information content (AvgIpc) is 1.51. The van der Waals surface area contributed by atoms with Crippen molar-refractivity contribution in [1.82, 2.24) is 72.6 Å². The second-order valence-corrected chi connectivity index (χ2v) is 28.7. The molecule has 0 aliphatic carbocycles. The number of imidazole rings is 1. The molecule has 3 aliphatic heterocycles. The number of guanidine groups is 1. The van der Waals surface area contributed by atoms with Gasteiger partial charge in [-0.15, -0.1) is 0 Å². The summed E-state index contributed by atoms with van der Waals surface area (Å²) in [6, 6.07) is 6.04. The number of rotatable bonds is 26. The standard InChI is InChI=1S/C69H93N19O16S2/c70-23-6-5-14-45(61(97)83-48(59(71)95)32-58(93)94)82-66(102)53-16-8-25-87(53)68(104)54-17-9-26-88(54)67(103)52-36-106-105-27-22-55(89)79-47(20-21-57(91)92)63(99)86-51(31-42-34-74-37-78-42)65(101)84-49(29-38-18-19-39-10-1-2-11-40(39)28-38)64(100)81-46(15-7-24-75-69(72)73)62(98)85-50(60(96)77-35-56(90)80-52)30-41-33-76-44-13-4-3-12-43(41)44/h1-4,10-13,18-19,28,33-34,37,45-54,59,76,95H,5-9,14-17,20-27,29-32,35-36,70-71H2,(H,74,78)(H,77,96)(H,79,89)(H,80,90)(H,81,100)(H,82,102)(H,83,97)(H,84,101)(H,85,98)(H,86,99)(H,91,92)(H,93,94)(H4,72,73,75)/t45-,46-,47-,48-,49+,50-,51-,52-,53-,54-,59?/m0/s1. The van der Waals surface area contributed by atoms with Crippen LogP contribution in [0.4, 0.5) is 0 Å². The van der Waals surface area contributed by atoms with Gasteiger partial charge >= 0.3 is 11.9 Å².